The van der Waals surface area contributed by atoms with Crippen LogP contribution in [0.2, 0.25) is 0 Å². The lowest BCUT2D eigenvalue weighted by Gasteiger charge is -2.25. The Bertz CT molecular complexity index is 870. The van der Waals surface area contributed by atoms with Gasteiger partial charge < -0.3 is 15.3 Å². The number of hydrogen-bond donors (Lipinski definition) is 2. The first-order valence-electron chi connectivity index (χ1n) is 8.79. The molecule has 0 aliphatic carbocycles. The summed E-state index contributed by atoms with van der Waals surface area (Å²) < 4.78 is 38.9. The molecule has 6 nitrogen and oxygen atoms in total. The van der Waals surface area contributed by atoms with Crippen LogP contribution in [0.5, 0.6) is 0 Å². The van der Waals surface area contributed by atoms with Crippen molar-refractivity contribution in [3.05, 3.63) is 36.3 Å². The lowest BCUT2D eigenvalue weighted by Crippen LogP contribution is -2.47. The van der Waals surface area contributed by atoms with Crippen molar-refractivity contribution in [1.82, 2.24) is 20.2 Å². The highest BCUT2D eigenvalue weighted by atomic mass is 19.4. The molecule has 1 unspecified atom stereocenters. The van der Waals surface area contributed by atoms with Crippen LogP contribution in [0.3, 0.4) is 0 Å². The summed E-state index contributed by atoms with van der Waals surface area (Å²) in [4.78, 5) is 22.8. The minimum atomic E-state index is -4.76. The Morgan fingerprint density at radius 1 is 1.30 bits per heavy atom. The summed E-state index contributed by atoms with van der Waals surface area (Å²) in [7, 11) is 0. The molecule has 0 saturated carbocycles. The van der Waals surface area contributed by atoms with Crippen LogP contribution in [0.4, 0.5) is 13.2 Å². The Morgan fingerprint density at radius 2 is 2.07 bits per heavy atom. The topological polar surface area (TPSA) is 78.4 Å². The van der Waals surface area contributed by atoms with Crippen LogP contribution in [-0.2, 0) is 4.79 Å². The van der Waals surface area contributed by atoms with Gasteiger partial charge in [0.05, 0.1) is 17.3 Å². The number of nitrogens with zero attached hydrogens (tertiary/aromatic N) is 3. The summed E-state index contributed by atoms with van der Waals surface area (Å²) in [6.45, 7) is 0.174. The largest absolute Gasteiger partial charge is 0.418 e. The van der Waals surface area contributed by atoms with Gasteiger partial charge in [0.1, 0.15) is 6.33 Å². The third-order valence-corrected chi connectivity index (χ3v) is 5.47. The van der Waals surface area contributed by atoms with Crippen LogP contribution >= 0.6 is 0 Å². The van der Waals surface area contributed by atoms with Crippen LogP contribution in [0.25, 0.3) is 10.9 Å². The maximum Gasteiger partial charge on any atom is 0.418 e. The highest BCUT2D eigenvalue weighted by Crippen LogP contribution is 2.38. The second kappa shape index (κ2) is 6.42. The van der Waals surface area contributed by atoms with Gasteiger partial charge >= 0.3 is 6.18 Å². The van der Waals surface area contributed by atoms with E-state index < -0.39 is 36.7 Å². The van der Waals surface area contributed by atoms with Gasteiger partial charge in [-0.15, -0.1) is 0 Å². The number of likely N-dealkylation sites (tertiary alicyclic amines) is 1. The number of aliphatic hydroxyl groups is 1. The van der Waals surface area contributed by atoms with Gasteiger partial charge in [-0.25, -0.2) is 9.97 Å². The van der Waals surface area contributed by atoms with Crippen LogP contribution < -0.4 is 5.32 Å². The molecule has 2 aromatic rings. The Labute approximate surface area is 153 Å². The van der Waals surface area contributed by atoms with Gasteiger partial charge in [0.25, 0.3) is 0 Å². The van der Waals surface area contributed by atoms with Gasteiger partial charge in [0, 0.05) is 37.4 Å². The van der Waals surface area contributed by atoms with E-state index in [0.29, 0.717) is 19.5 Å². The van der Waals surface area contributed by atoms with Gasteiger partial charge in [0.15, 0.2) is 5.60 Å². The second-order valence-electron chi connectivity index (χ2n) is 7.21. The van der Waals surface area contributed by atoms with E-state index in [0.717, 1.165) is 16.6 Å². The first-order valence-corrected chi connectivity index (χ1v) is 8.79. The first-order chi connectivity index (χ1) is 12.8. The first kappa shape index (κ1) is 18.1. The van der Waals surface area contributed by atoms with E-state index in [4.69, 9.17) is 0 Å². The summed E-state index contributed by atoms with van der Waals surface area (Å²) in [6, 6.07) is 6.57. The zero-order valence-electron chi connectivity index (χ0n) is 14.4. The van der Waals surface area contributed by atoms with Crippen molar-refractivity contribution in [2.24, 2.45) is 0 Å². The molecule has 27 heavy (non-hydrogen) atoms. The number of amides is 1. The normalized spacial score (nSPS) is 28.8. The number of alkyl halides is 3. The highest BCUT2D eigenvalue weighted by molar-refractivity contribution is 5.84. The smallest absolute Gasteiger partial charge is 0.379 e. The molecule has 2 N–H and O–H groups in total. The molecule has 0 radical (unpaired) electrons. The van der Waals surface area contributed by atoms with Crippen molar-refractivity contribution in [2.75, 3.05) is 19.6 Å². The van der Waals surface area contributed by atoms with Crippen LogP contribution in [0, 0.1) is 0 Å². The van der Waals surface area contributed by atoms with Gasteiger partial charge in [-0.05, 0) is 12.5 Å². The van der Waals surface area contributed by atoms with E-state index in [1.165, 1.54) is 6.33 Å². The summed E-state index contributed by atoms with van der Waals surface area (Å²) in [5.41, 5.74) is -1.18. The number of rotatable bonds is 2. The summed E-state index contributed by atoms with van der Waals surface area (Å²) >= 11 is 0. The van der Waals surface area contributed by atoms with Gasteiger partial charge in [-0.3, -0.25) is 4.79 Å². The molecule has 1 aromatic carbocycles. The van der Waals surface area contributed by atoms with Gasteiger partial charge in [0.2, 0.25) is 5.91 Å². The minimum absolute atomic E-state index is 0.00440. The van der Waals surface area contributed by atoms with Gasteiger partial charge in [-0.1, -0.05) is 18.2 Å². The maximum absolute atomic E-state index is 13.0. The highest BCUT2D eigenvalue weighted by Gasteiger charge is 2.58. The number of nitrogens with one attached hydrogen (secondary N) is 1. The number of carbonyl (C=O) groups excluding carboxylic acids is 1. The molecule has 3 atom stereocenters. The average molecular weight is 380 g/mol. The van der Waals surface area contributed by atoms with Crippen LogP contribution in [0.15, 0.2) is 30.6 Å². The predicted molar refractivity (Wildman–Crippen MR) is 90.9 cm³/mol. The van der Waals surface area contributed by atoms with Crippen molar-refractivity contribution >= 4 is 16.8 Å². The Kier molecular flexibility index (Phi) is 4.31. The van der Waals surface area contributed by atoms with Crippen molar-refractivity contribution in [1.29, 1.82) is 0 Å². The fourth-order valence-corrected chi connectivity index (χ4v) is 3.92. The summed E-state index contributed by atoms with van der Waals surface area (Å²) in [6.07, 6.45) is -3.25. The lowest BCUT2D eigenvalue weighted by atomic mass is 9.99. The average Bonchev–Trinajstić information content (AvgIpc) is 3.28. The standard InChI is InChI=1S/C18H19F3N4O2/c19-18(20,21)17(27)7-14(22-9-17)16(26)25-6-5-11(8-25)15-12-3-1-2-4-13(12)23-10-24-15/h1-4,10-11,14,22,27H,5-9H2/t11?,14-,17-/m0/s1. The number of aromatic nitrogens is 2. The molecular formula is C18H19F3N4O2. The van der Waals surface area contributed by atoms with Crippen molar-refractivity contribution in [3.8, 4) is 0 Å². The quantitative estimate of drug-likeness (QED) is 0.828. The van der Waals surface area contributed by atoms with Crippen molar-refractivity contribution < 1.29 is 23.1 Å². The third-order valence-electron chi connectivity index (χ3n) is 5.47. The van der Waals surface area contributed by atoms with Crippen LogP contribution in [0.1, 0.15) is 24.5 Å². The van der Waals surface area contributed by atoms with Crippen LogP contribution in [-0.4, -0.2) is 63.3 Å². The van der Waals surface area contributed by atoms with E-state index in [9.17, 15) is 23.1 Å². The molecule has 9 heteroatoms. The third kappa shape index (κ3) is 3.14. The number of benzene rings is 1. The SMILES string of the molecule is O=C([C@@H]1C[C@@](O)(C(F)(F)F)CN1)N1CCC(c2ncnc3ccccc23)C1. The second-order valence-corrected chi connectivity index (χ2v) is 7.21. The number of carbonyl (C=O) groups is 1. The van der Waals surface area contributed by atoms with E-state index in [-0.39, 0.29) is 5.92 Å². The Morgan fingerprint density at radius 3 is 2.81 bits per heavy atom. The van der Waals surface area contributed by atoms with E-state index >= 15 is 0 Å². The fraction of sp³-hybridized carbons (Fsp3) is 0.500. The summed E-state index contributed by atoms with van der Waals surface area (Å²) in [5, 5.41) is 13.2. The van der Waals surface area contributed by atoms with Crippen molar-refractivity contribution in [2.45, 2.75) is 36.6 Å². The van der Waals surface area contributed by atoms with E-state index in [2.05, 4.69) is 15.3 Å². The van der Waals surface area contributed by atoms with Gasteiger partial charge in [-0.2, -0.15) is 13.2 Å². The molecule has 0 spiro atoms. The van der Waals surface area contributed by atoms with E-state index in [1.807, 2.05) is 24.3 Å². The molecule has 144 valence electrons. The Balaban J connectivity index is 1.48. The lowest BCUT2D eigenvalue weighted by molar-refractivity contribution is -0.252. The number of fused-ring (bicyclic) bond motifs is 1. The molecular weight excluding hydrogens is 361 g/mol. The monoisotopic (exact) mass is 380 g/mol. The molecule has 4 rings (SSSR count). The number of halogens is 3. The molecule has 2 aliphatic rings. The fourth-order valence-electron chi connectivity index (χ4n) is 3.92. The molecule has 3 heterocycles. The molecule has 1 aromatic heterocycles. The maximum atomic E-state index is 13.0. The summed E-state index contributed by atoms with van der Waals surface area (Å²) in [5.74, 6) is -0.402. The number of hydrogen-bond acceptors (Lipinski definition) is 5. The number of β-amino-alcohol motifs (C(OH)–C–C–N with tert-alkyl or cyclic N) is 1. The molecule has 2 fully saturated rings. The van der Waals surface area contributed by atoms with Crippen molar-refractivity contribution in [3.63, 3.8) is 0 Å². The van der Waals surface area contributed by atoms with E-state index in [1.54, 1.807) is 4.90 Å². The number of para-hydroxylation sites is 1. The molecule has 2 saturated heterocycles. The molecule has 0 bridgehead atoms. The zero-order valence-corrected chi connectivity index (χ0v) is 14.4. The molecule has 2 aliphatic heterocycles. The molecule has 1 amide bonds. The zero-order chi connectivity index (χ0) is 19.2. The minimum Gasteiger partial charge on any atom is -0.379 e. The Hall–Kier alpha value is -2.26. The predicted octanol–water partition coefficient (Wildman–Crippen LogP) is 1.60.